The molecule has 0 atom stereocenters. The molecule has 2 aromatic rings. The number of benzene rings is 1. The second kappa shape index (κ2) is 10.4. The highest BCUT2D eigenvalue weighted by Crippen LogP contribution is 2.49. The van der Waals surface area contributed by atoms with Crippen LogP contribution in [0.25, 0.3) is 0 Å². The number of piperazine rings is 1. The minimum Gasteiger partial charge on any atom is -1.00 e. The van der Waals surface area contributed by atoms with Crippen molar-refractivity contribution >= 4 is 34.9 Å². The maximum absolute atomic E-state index is 6.49. The van der Waals surface area contributed by atoms with Gasteiger partial charge in [-0.05, 0) is 30.7 Å². The van der Waals surface area contributed by atoms with Crippen LogP contribution in [0.1, 0.15) is 12.0 Å². The van der Waals surface area contributed by atoms with Crippen molar-refractivity contribution in [2.24, 2.45) is 0 Å². The molecule has 0 aliphatic carbocycles. The highest BCUT2D eigenvalue weighted by atomic mass is 35.5. The lowest BCUT2D eigenvalue weighted by molar-refractivity contribution is -1.00. The Morgan fingerprint density at radius 2 is 1.89 bits per heavy atom. The van der Waals surface area contributed by atoms with Gasteiger partial charge in [-0.2, -0.15) is 0 Å². The van der Waals surface area contributed by atoms with Crippen LogP contribution < -0.4 is 39.5 Å². The first-order valence-corrected chi connectivity index (χ1v) is 10.7. The van der Waals surface area contributed by atoms with Crippen molar-refractivity contribution in [2.75, 3.05) is 51.2 Å². The maximum Gasteiger partial charge on any atom is 0.148 e. The van der Waals surface area contributed by atoms with Crippen LogP contribution in [0, 0.1) is 6.92 Å². The first-order valence-electron chi connectivity index (χ1n) is 9.47. The maximum atomic E-state index is 6.49. The Kier molecular flexibility index (Phi) is 8.74. The Bertz CT molecular complexity index is 797. The second-order valence-corrected chi connectivity index (χ2v) is 8.94. The third-order valence-electron chi connectivity index (χ3n) is 5.43. The molecule has 2 aliphatic rings. The predicted octanol–water partition coefficient (Wildman–Crippen LogP) is -4.54. The Morgan fingerprint density at radius 3 is 2.64 bits per heavy atom. The first kappa shape index (κ1) is 23.6. The van der Waals surface area contributed by atoms with E-state index in [4.69, 9.17) is 11.6 Å². The molecule has 8 heteroatoms. The Morgan fingerprint density at radius 1 is 1.14 bits per heavy atom. The van der Waals surface area contributed by atoms with Crippen LogP contribution in [-0.4, -0.2) is 51.3 Å². The molecule has 0 radical (unpaired) electrons. The topological polar surface area (TPSA) is 25.0 Å². The molecule has 0 spiro atoms. The third-order valence-corrected chi connectivity index (χ3v) is 7.01. The molecule has 2 aliphatic heterocycles. The summed E-state index contributed by atoms with van der Waals surface area (Å²) in [7, 11) is 2.30. The molecule has 4 rings (SSSR count). The standard InChI is InChI=1S/C20H25ClN4S.2ClH/c1-15-4-5-17-18(14-15)26-19-16(21)6-7-22-20(19)25(17)9-3-8-24-12-10-23(2)11-13-24;;/h4-7,14H,3,8-13H2,1-2H3;2*1H. The second-order valence-electron chi connectivity index (χ2n) is 7.48. The fraction of sp³-hybridized carbons (Fsp3) is 0.450. The quantitative estimate of drug-likeness (QED) is 0.480. The molecule has 0 amide bonds. The monoisotopic (exact) mass is 460 g/mol. The SMILES string of the molecule is Cc1ccc2c(c1)Sc1c(Cl)ccnc1N2CCC[NH+]1CC[NH+](C)CC1.[Cl-].[Cl-]. The molecule has 28 heavy (non-hydrogen) atoms. The van der Waals surface area contributed by atoms with Crippen molar-refractivity contribution in [2.45, 2.75) is 23.1 Å². The van der Waals surface area contributed by atoms with Crippen LogP contribution in [0.3, 0.4) is 0 Å². The van der Waals surface area contributed by atoms with Crippen molar-refractivity contribution < 1.29 is 34.6 Å². The number of hydrogen-bond acceptors (Lipinski definition) is 3. The third kappa shape index (κ3) is 5.07. The minimum absolute atomic E-state index is 0. The number of rotatable bonds is 4. The largest absolute Gasteiger partial charge is 1.00 e. The van der Waals surface area contributed by atoms with E-state index in [1.807, 2.05) is 12.3 Å². The predicted molar refractivity (Wildman–Crippen MR) is 108 cm³/mol. The number of anilines is 2. The molecular weight excluding hydrogens is 435 g/mol. The van der Waals surface area contributed by atoms with E-state index in [2.05, 4.69) is 42.1 Å². The summed E-state index contributed by atoms with van der Waals surface area (Å²) >= 11 is 8.23. The number of aryl methyl sites for hydroxylation is 1. The van der Waals surface area contributed by atoms with Gasteiger partial charge in [0.05, 0.1) is 29.2 Å². The molecule has 1 aromatic heterocycles. The van der Waals surface area contributed by atoms with Gasteiger partial charge in [0.25, 0.3) is 0 Å². The van der Waals surface area contributed by atoms with Crippen molar-refractivity contribution in [1.29, 1.82) is 0 Å². The summed E-state index contributed by atoms with van der Waals surface area (Å²) in [6.07, 6.45) is 2.99. The van der Waals surface area contributed by atoms with Gasteiger partial charge in [0, 0.05) is 24.1 Å². The number of aromatic nitrogens is 1. The van der Waals surface area contributed by atoms with Crippen LogP contribution in [0.5, 0.6) is 0 Å². The average Bonchev–Trinajstić information content (AvgIpc) is 2.63. The van der Waals surface area contributed by atoms with E-state index in [1.54, 1.807) is 21.6 Å². The molecule has 0 unspecified atom stereocenters. The van der Waals surface area contributed by atoms with E-state index in [-0.39, 0.29) is 24.8 Å². The van der Waals surface area contributed by atoms with Gasteiger partial charge in [0.15, 0.2) is 0 Å². The summed E-state index contributed by atoms with van der Waals surface area (Å²) in [5, 5.41) is 0.796. The summed E-state index contributed by atoms with van der Waals surface area (Å²) < 4.78 is 0. The zero-order valence-corrected chi connectivity index (χ0v) is 19.4. The van der Waals surface area contributed by atoms with Crippen LogP contribution >= 0.6 is 23.4 Å². The number of fused-ring (bicyclic) bond motifs is 2. The number of nitrogens with zero attached hydrogens (tertiary/aromatic N) is 2. The van der Waals surface area contributed by atoms with Gasteiger partial charge >= 0.3 is 0 Å². The van der Waals surface area contributed by atoms with Crippen LogP contribution in [0.2, 0.25) is 5.02 Å². The molecule has 1 saturated heterocycles. The highest BCUT2D eigenvalue weighted by molar-refractivity contribution is 7.99. The summed E-state index contributed by atoms with van der Waals surface area (Å²) in [4.78, 5) is 12.8. The number of hydrogen-bond donors (Lipinski definition) is 2. The number of nitrogens with one attached hydrogen (secondary N) is 2. The van der Waals surface area contributed by atoms with Gasteiger partial charge in [0.2, 0.25) is 0 Å². The molecule has 2 N–H and O–H groups in total. The lowest BCUT2D eigenvalue weighted by atomic mass is 10.2. The molecule has 1 fully saturated rings. The Balaban J connectivity index is 0.00000140. The normalized spacial score (nSPS) is 20.5. The molecule has 0 saturated carbocycles. The van der Waals surface area contributed by atoms with E-state index < -0.39 is 0 Å². The molecule has 0 bridgehead atoms. The van der Waals surface area contributed by atoms with E-state index in [0.717, 1.165) is 22.3 Å². The first-order chi connectivity index (χ1) is 12.6. The highest BCUT2D eigenvalue weighted by Gasteiger charge is 2.27. The van der Waals surface area contributed by atoms with Crippen LogP contribution in [0.4, 0.5) is 11.5 Å². The number of halogens is 3. The van der Waals surface area contributed by atoms with Crippen molar-refractivity contribution in [3.05, 3.63) is 41.0 Å². The van der Waals surface area contributed by atoms with Gasteiger partial charge in [-0.25, -0.2) is 4.98 Å². The summed E-state index contributed by atoms with van der Waals surface area (Å²) in [5.74, 6) is 1.01. The van der Waals surface area contributed by atoms with Gasteiger partial charge < -0.3 is 39.5 Å². The smallest absolute Gasteiger partial charge is 0.148 e. The fourth-order valence-electron chi connectivity index (χ4n) is 3.85. The van der Waals surface area contributed by atoms with Gasteiger partial charge in [0.1, 0.15) is 32.0 Å². The van der Waals surface area contributed by atoms with Crippen LogP contribution in [-0.2, 0) is 0 Å². The fourth-order valence-corrected chi connectivity index (χ4v) is 5.27. The Labute approximate surface area is 189 Å². The zero-order valence-electron chi connectivity index (χ0n) is 16.3. The number of quaternary nitrogens is 2. The number of likely N-dealkylation sites (N-methyl/N-ethyl adjacent to an activating group) is 1. The molecule has 1 aromatic carbocycles. The summed E-state index contributed by atoms with van der Waals surface area (Å²) in [5.41, 5.74) is 2.55. The molecule has 154 valence electrons. The van der Waals surface area contributed by atoms with Gasteiger partial charge in [-0.15, -0.1) is 0 Å². The van der Waals surface area contributed by atoms with E-state index in [9.17, 15) is 0 Å². The van der Waals surface area contributed by atoms with Crippen molar-refractivity contribution in [3.63, 3.8) is 0 Å². The summed E-state index contributed by atoms with van der Waals surface area (Å²) in [6.45, 7) is 9.52. The van der Waals surface area contributed by atoms with Crippen LogP contribution in [0.15, 0.2) is 40.3 Å². The lowest BCUT2D eigenvalue weighted by Crippen LogP contribution is -3.27. The van der Waals surface area contributed by atoms with E-state index >= 15 is 0 Å². The average molecular weight is 462 g/mol. The zero-order chi connectivity index (χ0) is 18.1. The number of pyridine rings is 1. The van der Waals surface area contributed by atoms with Crippen molar-refractivity contribution in [3.8, 4) is 0 Å². The van der Waals surface area contributed by atoms with Gasteiger partial charge in [-0.1, -0.05) is 29.4 Å². The minimum atomic E-state index is 0. The molecule has 4 nitrogen and oxygen atoms in total. The lowest BCUT2D eigenvalue weighted by Gasteiger charge is -2.33. The summed E-state index contributed by atoms with van der Waals surface area (Å²) in [6, 6.07) is 8.57. The molecule has 3 heterocycles. The molecular formula is C20H27Cl3N4S. The van der Waals surface area contributed by atoms with Gasteiger partial charge in [-0.3, -0.25) is 0 Å². The Hall–Kier alpha value is -0.690. The van der Waals surface area contributed by atoms with E-state index in [0.29, 0.717) is 0 Å². The van der Waals surface area contributed by atoms with Crippen molar-refractivity contribution in [1.82, 2.24) is 4.98 Å². The van der Waals surface area contributed by atoms with E-state index in [1.165, 1.54) is 55.3 Å².